The fourth-order valence-corrected chi connectivity index (χ4v) is 2.65. The highest BCUT2D eigenvalue weighted by atomic mass is 16.2. The summed E-state index contributed by atoms with van der Waals surface area (Å²) in [5, 5.41) is 5.73. The van der Waals surface area contributed by atoms with Gasteiger partial charge in [-0.3, -0.25) is 4.79 Å². The lowest BCUT2D eigenvalue weighted by molar-refractivity contribution is -0.121. The van der Waals surface area contributed by atoms with Gasteiger partial charge in [-0.2, -0.15) is 0 Å². The smallest absolute Gasteiger partial charge is 0.317 e. The van der Waals surface area contributed by atoms with E-state index in [0.717, 1.165) is 19.5 Å². The molecule has 2 N–H and O–H groups in total. The van der Waals surface area contributed by atoms with E-state index in [2.05, 4.69) is 27.7 Å². The maximum Gasteiger partial charge on any atom is 0.317 e. The van der Waals surface area contributed by atoms with Crippen LogP contribution in [0, 0.1) is 0 Å². The largest absolute Gasteiger partial charge is 0.368 e. The van der Waals surface area contributed by atoms with Crippen molar-refractivity contribution in [2.45, 2.75) is 32.7 Å². The Balaban J connectivity index is 1.67. The van der Waals surface area contributed by atoms with Crippen LogP contribution in [0.25, 0.3) is 0 Å². The van der Waals surface area contributed by atoms with Crippen LogP contribution in [0.4, 0.5) is 10.5 Å². The van der Waals surface area contributed by atoms with Gasteiger partial charge < -0.3 is 20.4 Å². The van der Waals surface area contributed by atoms with E-state index in [9.17, 15) is 9.59 Å². The zero-order valence-corrected chi connectivity index (χ0v) is 14.6. The number of anilines is 1. The Bertz CT molecular complexity index is 527. The second kappa shape index (κ2) is 9.15. The van der Waals surface area contributed by atoms with Crippen molar-refractivity contribution < 1.29 is 9.59 Å². The Labute approximate surface area is 144 Å². The highest BCUT2D eigenvalue weighted by Crippen LogP contribution is 2.15. The number of rotatable bonds is 6. The highest BCUT2D eigenvalue weighted by molar-refractivity contribution is 5.78. The zero-order valence-electron chi connectivity index (χ0n) is 14.6. The van der Waals surface area contributed by atoms with Crippen molar-refractivity contribution >= 4 is 17.6 Å². The number of urea groups is 1. The molecule has 0 aliphatic carbocycles. The van der Waals surface area contributed by atoms with E-state index in [1.807, 2.05) is 36.9 Å². The summed E-state index contributed by atoms with van der Waals surface area (Å²) in [6.07, 6.45) is 1.23. The summed E-state index contributed by atoms with van der Waals surface area (Å²) < 4.78 is 0. The Morgan fingerprint density at radius 1 is 1.12 bits per heavy atom. The van der Waals surface area contributed by atoms with Crippen molar-refractivity contribution in [1.82, 2.24) is 15.5 Å². The van der Waals surface area contributed by atoms with Gasteiger partial charge >= 0.3 is 6.03 Å². The second-order valence-electron chi connectivity index (χ2n) is 6.17. The van der Waals surface area contributed by atoms with E-state index in [-0.39, 0.29) is 18.0 Å². The van der Waals surface area contributed by atoms with Crippen LogP contribution in [0.5, 0.6) is 0 Å². The van der Waals surface area contributed by atoms with Gasteiger partial charge in [-0.05, 0) is 25.5 Å². The summed E-state index contributed by atoms with van der Waals surface area (Å²) in [5.74, 6) is -0.0152. The predicted octanol–water partition coefficient (Wildman–Crippen LogP) is 1.82. The molecule has 0 spiro atoms. The van der Waals surface area contributed by atoms with Crippen molar-refractivity contribution in [2.75, 3.05) is 37.6 Å². The molecular formula is C18H28N4O2. The molecule has 1 atom stereocenters. The molecule has 1 heterocycles. The van der Waals surface area contributed by atoms with Crippen LogP contribution in [-0.2, 0) is 4.79 Å². The Hall–Kier alpha value is -2.24. The molecule has 6 heteroatoms. The maximum absolute atomic E-state index is 12.2. The van der Waals surface area contributed by atoms with Crippen molar-refractivity contribution in [2.24, 2.45) is 0 Å². The van der Waals surface area contributed by atoms with Crippen LogP contribution in [-0.4, -0.2) is 55.6 Å². The van der Waals surface area contributed by atoms with Crippen LogP contribution < -0.4 is 15.5 Å². The van der Waals surface area contributed by atoms with Crippen LogP contribution in [0.1, 0.15) is 26.7 Å². The summed E-state index contributed by atoms with van der Waals surface area (Å²) in [5.41, 5.74) is 1.19. The minimum Gasteiger partial charge on any atom is -0.368 e. The van der Waals surface area contributed by atoms with Gasteiger partial charge in [-0.25, -0.2) is 4.79 Å². The molecule has 132 valence electrons. The molecule has 1 unspecified atom stereocenters. The normalized spacial score (nSPS) is 15.8. The summed E-state index contributed by atoms with van der Waals surface area (Å²) in [6, 6.07) is 10.3. The number of carbonyl (C=O) groups is 2. The molecule has 3 amide bonds. The van der Waals surface area contributed by atoms with Crippen LogP contribution >= 0.6 is 0 Å². The second-order valence-corrected chi connectivity index (χ2v) is 6.17. The van der Waals surface area contributed by atoms with E-state index in [1.165, 1.54) is 5.69 Å². The minimum absolute atomic E-state index is 0.0152. The number of nitrogens with one attached hydrogen (secondary N) is 2. The van der Waals surface area contributed by atoms with Gasteiger partial charge in [0.05, 0.1) is 0 Å². The predicted molar refractivity (Wildman–Crippen MR) is 96.1 cm³/mol. The van der Waals surface area contributed by atoms with E-state index in [0.29, 0.717) is 26.1 Å². The molecule has 0 radical (unpaired) electrons. The molecule has 0 saturated carbocycles. The molecule has 6 nitrogen and oxygen atoms in total. The molecule has 24 heavy (non-hydrogen) atoms. The van der Waals surface area contributed by atoms with Crippen molar-refractivity contribution in [1.29, 1.82) is 0 Å². The number of para-hydroxylation sites is 1. The first-order chi connectivity index (χ1) is 11.6. The first-order valence-corrected chi connectivity index (χ1v) is 8.72. The van der Waals surface area contributed by atoms with E-state index in [4.69, 9.17) is 0 Å². The average Bonchev–Trinajstić information content (AvgIpc) is 2.62. The van der Waals surface area contributed by atoms with Gasteiger partial charge in [-0.1, -0.05) is 25.1 Å². The minimum atomic E-state index is -0.0842. The lowest BCUT2D eigenvalue weighted by atomic mass is 10.2. The molecular weight excluding hydrogens is 304 g/mol. The summed E-state index contributed by atoms with van der Waals surface area (Å²) >= 11 is 0. The molecule has 1 aliphatic heterocycles. The SMILES string of the molecule is CCC(C)NC(=O)CCNC(=O)N1CCN(c2ccccc2)CC1. The average molecular weight is 332 g/mol. The van der Waals surface area contributed by atoms with Gasteiger partial charge in [0.2, 0.25) is 5.91 Å². The van der Waals surface area contributed by atoms with E-state index >= 15 is 0 Å². The molecule has 1 saturated heterocycles. The summed E-state index contributed by atoms with van der Waals surface area (Å²) in [6.45, 7) is 7.42. The summed E-state index contributed by atoms with van der Waals surface area (Å²) in [4.78, 5) is 27.9. The topological polar surface area (TPSA) is 64.7 Å². The van der Waals surface area contributed by atoms with E-state index in [1.54, 1.807) is 0 Å². The maximum atomic E-state index is 12.2. The zero-order chi connectivity index (χ0) is 17.4. The molecule has 1 aromatic carbocycles. The van der Waals surface area contributed by atoms with Crippen LogP contribution in [0.15, 0.2) is 30.3 Å². The third-order valence-corrected chi connectivity index (χ3v) is 4.34. The van der Waals surface area contributed by atoms with Gasteiger partial charge in [-0.15, -0.1) is 0 Å². The molecule has 1 aliphatic rings. The van der Waals surface area contributed by atoms with Crippen molar-refractivity contribution in [3.63, 3.8) is 0 Å². The fraction of sp³-hybridized carbons (Fsp3) is 0.556. The van der Waals surface area contributed by atoms with Crippen LogP contribution in [0.2, 0.25) is 0 Å². The fourth-order valence-electron chi connectivity index (χ4n) is 2.65. The van der Waals surface area contributed by atoms with Crippen molar-refractivity contribution in [3.8, 4) is 0 Å². The summed E-state index contributed by atoms with van der Waals surface area (Å²) in [7, 11) is 0. The van der Waals surface area contributed by atoms with Gasteiger partial charge in [0.15, 0.2) is 0 Å². The van der Waals surface area contributed by atoms with Gasteiger partial charge in [0.25, 0.3) is 0 Å². The number of hydrogen-bond donors (Lipinski definition) is 2. The van der Waals surface area contributed by atoms with E-state index < -0.39 is 0 Å². The third kappa shape index (κ3) is 5.44. The number of nitrogens with zero attached hydrogens (tertiary/aromatic N) is 2. The highest BCUT2D eigenvalue weighted by Gasteiger charge is 2.21. The number of piperazine rings is 1. The van der Waals surface area contributed by atoms with Gasteiger partial charge in [0, 0.05) is 50.9 Å². The number of benzene rings is 1. The quantitative estimate of drug-likeness (QED) is 0.835. The molecule has 0 aromatic heterocycles. The lowest BCUT2D eigenvalue weighted by Crippen LogP contribution is -2.52. The lowest BCUT2D eigenvalue weighted by Gasteiger charge is -2.36. The Morgan fingerprint density at radius 3 is 2.42 bits per heavy atom. The molecule has 1 fully saturated rings. The molecule has 0 bridgehead atoms. The Kier molecular flexibility index (Phi) is 6.90. The monoisotopic (exact) mass is 332 g/mol. The molecule has 2 rings (SSSR count). The first kappa shape index (κ1) is 18.1. The molecule has 1 aromatic rings. The number of carbonyl (C=O) groups excluding carboxylic acids is 2. The third-order valence-electron chi connectivity index (χ3n) is 4.34. The van der Waals surface area contributed by atoms with Crippen LogP contribution in [0.3, 0.4) is 0 Å². The van der Waals surface area contributed by atoms with Crippen molar-refractivity contribution in [3.05, 3.63) is 30.3 Å². The number of amides is 3. The number of hydrogen-bond acceptors (Lipinski definition) is 3. The Morgan fingerprint density at radius 2 is 1.79 bits per heavy atom. The first-order valence-electron chi connectivity index (χ1n) is 8.72. The van der Waals surface area contributed by atoms with Gasteiger partial charge in [0.1, 0.15) is 0 Å². The standard InChI is InChI=1S/C18H28N4O2/c1-3-15(2)20-17(23)9-10-19-18(24)22-13-11-21(12-14-22)16-7-5-4-6-8-16/h4-8,15H,3,9-14H2,1-2H3,(H,19,24)(H,20,23).